The normalized spacial score (nSPS) is 27.9. The third-order valence-corrected chi connectivity index (χ3v) is 2.70. The highest BCUT2D eigenvalue weighted by molar-refractivity contribution is 5.79. The van der Waals surface area contributed by atoms with E-state index in [1.165, 1.54) is 0 Å². The van der Waals surface area contributed by atoms with Crippen LogP contribution in [0.2, 0.25) is 0 Å². The molecule has 1 heterocycles. The Morgan fingerprint density at radius 3 is 2.64 bits per heavy atom. The third kappa shape index (κ3) is 3.29. The average Bonchev–Trinajstić information content (AvgIpc) is 2.28. The molecule has 0 aromatic rings. The lowest BCUT2D eigenvalue weighted by atomic mass is 9.83. The van der Waals surface area contributed by atoms with Gasteiger partial charge >= 0.3 is 0 Å². The second kappa shape index (κ2) is 4.30. The van der Waals surface area contributed by atoms with E-state index in [4.69, 9.17) is 5.11 Å². The standard InChI is InChI=1S/C11H21NO2/c1-11(2,3)7-9-8(4-5-13)6-10(14)12-9/h8-9,13H,4-7H2,1-3H3,(H,12,14)/t8-,9+/m0/s1. The Hall–Kier alpha value is -0.570. The van der Waals surface area contributed by atoms with Crippen molar-refractivity contribution in [2.45, 2.75) is 46.1 Å². The van der Waals surface area contributed by atoms with Gasteiger partial charge in [-0.2, -0.15) is 0 Å². The first-order chi connectivity index (χ1) is 6.42. The van der Waals surface area contributed by atoms with E-state index < -0.39 is 0 Å². The van der Waals surface area contributed by atoms with Crippen LogP contribution in [0.3, 0.4) is 0 Å². The number of rotatable bonds is 3. The van der Waals surface area contributed by atoms with E-state index in [2.05, 4.69) is 26.1 Å². The molecule has 1 fully saturated rings. The zero-order valence-electron chi connectivity index (χ0n) is 9.34. The van der Waals surface area contributed by atoms with E-state index in [9.17, 15) is 4.79 Å². The van der Waals surface area contributed by atoms with Crippen molar-refractivity contribution in [3.8, 4) is 0 Å². The van der Waals surface area contributed by atoms with Crippen LogP contribution in [-0.4, -0.2) is 23.7 Å². The van der Waals surface area contributed by atoms with Gasteiger partial charge in [0.1, 0.15) is 0 Å². The van der Waals surface area contributed by atoms with Crippen LogP contribution in [0.5, 0.6) is 0 Å². The van der Waals surface area contributed by atoms with Crippen LogP contribution >= 0.6 is 0 Å². The van der Waals surface area contributed by atoms with Gasteiger partial charge in [0, 0.05) is 19.1 Å². The molecule has 1 aliphatic rings. The Bertz CT molecular complexity index is 208. The Kier molecular flexibility index (Phi) is 3.53. The highest BCUT2D eigenvalue weighted by atomic mass is 16.3. The zero-order chi connectivity index (χ0) is 10.8. The van der Waals surface area contributed by atoms with Gasteiger partial charge < -0.3 is 10.4 Å². The summed E-state index contributed by atoms with van der Waals surface area (Å²) in [4.78, 5) is 11.2. The quantitative estimate of drug-likeness (QED) is 0.720. The van der Waals surface area contributed by atoms with Crippen molar-refractivity contribution >= 4 is 5.91 Å². The van der Waals surface area contributed by atoms with Crippen molar-refractivity contribution in [3.05, 3.63) is 0 Å². The number of hydrogen-bond acceptors (Lipinski definition) is 2. The molecule has 2 atom stereocenters. The number of amides is 1. The van der Waals surface area contributed by atoms with Crippen LogP contribution in [-0.2, 0) is 4.79 Å². The van der Waals surface area contributed by atoms with Crippen molar-refractivity contribution in [1.82, 2.24) is 5.32 Å². The topological polar surface area (TPSA) is 49.3 Å². The fourth-order valence-electron chi connectivity index (χ4n) is 2.11. The van der Waals surface area contributed by atoms with E-state index in [1.54, 1.807) is 0 Å². The van der Waals surface area contributed by atoms with Gasteiger partial charge in [-0.1, -0.05) is 20.8 Å². The number of carbonyl (C=O) groups excluding carboxylic acids is 1. The summed E-state index contributed by atoms with van der Waals surface area (Å²) in [7, 11) is 0. The van der Waals surface area contributed by atoms with Crippen LogP contribution in [0, 0.1) is 11.3 Å². The summed E-state index contributed by atoms with van der Waals surface area (Å²) >= 11 is 0. The molecular formula is C11H21NO2. The molecule has 0 saturated carbocycles. The number of hydrogen-bond donors (Lipinski definition) is 2. The molecule has 0 aromatic carbocycles. The first-order valence-electron chi connectivity index (χ1n) is 5.32. The van der Waals surface area contributed by atoms with E-state index in [1.807, 2.05) is 0 Å². The summed E-state index contributed by atoms with van der Waals surface area (Å²) in [6, 6.07) is 0.259. The van der Waals surface area contributed by atoms with Crippen LogP contribution in [0.15, 0.2) is 0 Å². The van der Waals surface area contributed by atoms with Crippen LogP contribution in [0.25, 0.3) is 0 Å². The van der Waals surface area contributed by atoms with Crippen LogP contribution in [0.4, 0.5) is 0 Å². The molecule has 0 unspecified atom stereocenters. The van der Waals surface area contributed by atoms with Gasteiger partial charge in [-0.15, -0.1) is 0 Å². The summed E-state index contributed by atoms with van der Waals surface area (Å²) in [6.07, 6.45) is 2.31. The van der Waals surface area contributed by atoms with Gasteiger partial charge in [0.05, 0.1) is 0 Å². The van der Waals surface area contributed by atoms with E-state index in [-0.39, 0.29) is 24.0 Å². The summed E-state index contributed by atoms with van der Waals surface area (Å²) < 4.78 is 0. The summed E-state index contributed by atoms with van der Waals surface area (Å²) in [6.45, 7) is 6.70. The molecule has 0 aliphatic carbocycles. The Morgan fingerprint density at radius 1 is 1.50 bits per heavy atom. The molecule has 0 radical (unpaired) electrons. The Balaban J connectivity index is 2.53. The molecule has 82 valence electrons. The molecule has 0 bridgehead atoms. The SMILES string of the molecule is CC(C)(C)C[C@H]1NC(=O)C[C@@H]1CCO. The molecule has 1 rings (SSSR count). The maximum atomic E-state index is 11.2. The fourth-order valence-corrected chi connectivity index (χ4v) is 2.11. The predicted molar refractivity (Wildman–Crippen MR) is 55.8 cm³/mol. The maximum Gasteiger partial charge on any atom is 0.220 e. The van der Waals surface area contributed by atoms with Gasteiger partial charge in [0.2, 0.25) is 5.91 Å². The van der Waals surface area contributed by atoms with Crippen molar-refractivity contribution in [3.63, 3.8) is 0 Å². The Labute approximate surface area is 85.9 Å². The minimum absolute atomic E-state index is 0.137. The molecule has 1 aliphatic heterocycles. The second-order valence-electron chi connectivity index (χ2n) is 5.42. The summed E-state index contributed by atoms with van der Waals surface area (Å²) in [5.41, 5.74) is 0.232. The second-order valence-corrected chi connectivity index (χ2v) is 5.42. The number of nitrogens with one attached hydrogen (secondary N) is 1. The molecule has 3 heteroatoms. The van der Waals surface area contributed by atoms with Gasteiger partial charge in [-0.3, -0.25) is 4.79 Å². The number of aliphatic hydroxyl groups excluding tert-OH is 1. The fraction of sp³-hybridized carbons (Fsp3) is 0.909. The van der Waals surface area contributed by atoms with Gasteiger partial charge in [0.25, 0.3) is 0 Å². The number of carbonyl (C=O) groups is 1. The molecule has 3 nitrogen and oxygen atoms in total. The van der Waals surface area contributed by atoms with E-state index >= 15 is 0 Å². The molecule has 1 amide bonds. The molecule has 1 saturated heterocycles. The lowest BCUT2D eigenvalue weighted by Gasteiger charge is -2.26. The van der Waals surface area contributed by atoms with Crippen molar-refractivity contribution in [1.29, 1.82) is 0 Å². The first kappa shape index (κ1) is 11.5. The monoisotopic (exact) mass is 199 g/mol. The summed E-state index contributed by atoms with van der Waals surface area (Å²) in [5, 5.41) is 11.9. The summed E-state index contributed by atoms with van der Waals surface area (Å²) in [5.74, 6) is 0.462. The molecule has 2 N–H and O–H groups in total. The number of aliphatic hydroxyl groups is 1. The van der Waals surface area contributed by atoms with Gasteiger partial charge in [-0.05, 0) is 24.2 Å². The minimum atomic E-state index is 0.137. The van der Waals surface area contributed by atoms with Crippen molar-refractivity contribution < 1.29 is 9.90 Å². The predicted octanol–water partition coefficient (Wildman–Crippen LogP) is 1.31. The van der Waals surface area contributed by atoms with E-state index in [0.29, 0.717) is 12.3 Å². The lowest BCUT2D eigenvalue weighted by Crippen LogP contribution is -2.33. The molecule has 14 heavy (non-hydrogen) atoms. The highest BCUT2D eigenvalue weighted by Crippen LogP contribution is 2.30. The minimum Gasteiger partial charge on any atom is -0.396 e. The van der Waals surface area contributed by atoms with Crippen LogP contribution < -0.4 is 5.32 Å². The maximum absolute atomic E-state index is 11.2. The van der Waals surface area contributed by atoms with Crippen molar-refractivity contribution in [2.24, 2.45) is 11.3 Å². The van der Waals surface area contributed by atoms with Gasteiger partial charge in [0.15, 0.2) is 0 Å². The van der Waals surface area contributed by atoms with Gasteiger partial charge in [-0.25, -0.2) is 0 Å². The average molecular weight is 199 g/mol. The highest BCUT2D eigenvalue weighted by Gasteiger charge is 2.34. The first-order valence-corrected chi connectivity index (χ1v) is 5.32. The Morgan fingerprint density at radius 2 is 2.14 bits per heavy atom. The van der Waals surface area contributed by atoms with Crippen molar-refractivity contribution in [2.75, 3.05) is 6.61 Å². The third-order valence-electron chi connectivity index (χ3n) is 2.70. The van der Waals surface area contributed by atoms with E-state index in [0.717, 1.165) is 12.8 Å². The van der Waals surface area contributed by atoms with Crippen LogP contribution in [0.1, 0.15) is 40.0 Å². The largest absolute Gasteiger partial charge is 0.396 e. The lowest BCUT2D eigenvalue weighted by molar-refractivity contribution is -0.119. The molecule has 0 spiro atoms. The molecular weight excluding hydrogens is 178 g/mol. The molecule has 0 aromatic heterocycles. The zero-order valence-corrected chi connectivity index (χ0v) is 9.34. The smallest absolute Gasteiger partial charge is 0.220 e.